The summed E-state index contributed by atoms with van der Waals surface area (Å²) in [6.07, 6.45) is 5.17. The number of hydrogen-bond donors (Lipinski definition) is 4. The van der Waals surface area contributed by atoms with E-state index >= 15 is 0 Å². The monoisotopic (exact) mass is 304 g/mol. The number of aliphatic hydroxyl groups is 3. The van der Waals surface area contributed by atoms with Gasteiger partial charge in [0.1, 0.15) is 35.6 Å². The van der Waals surface area contributed by atoms with E-state index < -0.39 is 30.6 Å². The number of nitrogen functional groups attached to an aromatic ring is 1. The van der Waals surface area contributed by atoms with Gasteiger partial charge in [0, 0.05) is 6.20 Å². The maximum atomic E-state index is 10.6. The Morgan fingerprint density at radius 1 is 1.55 bits per heavy atom. The second-order valence-corrected chi connectivity index (χ2v) is 5.43. The van der Waals surface area contributed by atoms with Crippen LogP contribution in [-0.4, -0.2) is 54.3 Å². The molecule has 5 N–H and O–H groups in total. The summed E-state index contributed by atoms with van der Waals surface area (Å²) >= 11 is 0. The summed E-state index contributed by atoms with van der Waals surface area (Å²) in [4.78, 5) is 8.04. The quantitative estimate of drug-likeness (QED) is 0.524. The Balaban J connectivity index is 2.20. The molecule has 0 radical (unpaired) electrons. The minimum absolute atomic E-state index is 0.216. The van der Waals surface area contributed by atoms with Crippen LogP contribution in [0.2, 0.25) is 0 Å². The first kappa shape index (κ1) is 14.7. The number of aromatic nitrogens is 3. The van der Waals surface area contributed by atoms with Crippen LogP contribution in [0.25, 0.3) is 11.0 Å². The average Bonchev–Trinajstić information content (AvgIpc) is 2.97. The molecule has 2 aromatic rings. The summed E-state index contributed by atoms with van der Waals surface area (Å²) in [6, 6.07) is 0. The number of nitrogens with zero attached hydrogens (tertiary/aromatic N) is 3. The minimum atomic E-state index is -1.63. The largest absolute Gasteiger partial charge is 0.394 e. The van der Waals surface area contributed by atoms with Gasteiger partial charge in [0.25, 0.3) is 0 Å². The van der Waals surface area contributed by atoms with Crippen LogP contribution in [0, 0.1) is 12.3 Å². The Labute approximate surface area is 126 Å². The Kier molecular flexibility index (Phi) is 3.30. The lowest BCUT2D eigenvalue weighted by Gasteiger charge is -2.27. The molecule has 0 saturated carbocycles. The van der Waals surface area contributed by atoms with Crippen molar-refractivity contribution < 1.29 is 20.1 Å². The molecule has 1 aliphatic rings. The Morgan fingerprint density at radius 3 is 2.86 bits per heavy atom. The van der Waals surface area contributed by atoms with Crippen molar-refractivity contribution in [1.29, 1.82) is 0 Å². The molecule has 0 amide bonds. The molecule has 1 fully saturated rings. The predicted octanol–water partition coefficient (Wildman–Crippen LogP) is -1.00. The normalized spacial score (nSPS) is 31.5. The van der Waals surface area contributed by atoms with E-state index in [0.29, 0.717) is 16.6 Å². The summed E-state index contributed by atoms with van der Waals surface area (Å²) in [6.45, 7) is 0.996. The van der Waals surface area contributed by atoms with Crippen molar-refractivity contribution in [3.05, 3.63) is 18.1 Å². The van der Waals surface area contributed by atoms with Gasteiger partial charge in [-0.1, -0.05) is 5.92 Å². The summed E-state index contributed by atoms with van der Waals surface area (Å²) < 4.78 is 7.07. The Bertz CT molecular complexity index is 764. The summed E-state index contributed by atoms with van der Waals surface area (Å²) in [7, 11) is 0. The lowest BCUT2D eigenvalue weighted by Crippen LogP contribution is -2.44. The Morgan fingerprint density at radius 2 is 2.27 bits per heavy atom. The van der Waals surface area contributed by atoms with E-state index in [1.165, 1.54) is 17.8 Å². The van der Waals surface area contributed by atoms with Crippen molar-refractivity contribution in [1.82, 2.24) is 14.5 Å². The SMILES string of the molecule is C#Cc1cn([C@@H]2O[C@H](CO)[C@@H](O)[C@]2(C)O)c2ncnc(N)c12. The second kappa shape index (κ2) is 4.93. The Hall–Kier alpha value is -2.18. The standard InChI is InChI=1S/C14H16N4O4/c1-3-7-4-18(12-9(7)11(15)16-6-17-12)13-14(2,21)10(20)8(5-19)22-13/h1,4,6,8,10,13,19-21H,5H2,2H3,(H2,15,16,17)/t8-,10-,13-,14+/m1/s1. The average molecular weight is 304 g/mol. The number of hydrogen-bond acceptors (Lipinski definition) is 7. The van der Waals surface area contributed by atoms with E-state index in [9.17, 15) is 15.3 Å². The third-order valence-corrected chi connectivity index (χ3v) is 3.98. The number of anilines is 1. The van der Waals surface area contributed by atoms with E-state index in [-0.39, 0.29) is 5.82 Å². The molecule has 22 heavy (non-hydrogen) atoms. The lowest BCUT2D eigenvalue weighted by atomic mass is 9.96. The zero-order valence-corrected chi connectivity index (χ0v) is 11.8. The van der Waals surface area contributed by atoms with Crippen molar-refractivity contribution in [3.8, 4) is 12.3 Å². The number of terminal acetylenes is 1. The zero-order chi connectivity index (χ0) is 16.1. The van der Waals surface area contributed by atoms with Crippen molar-refractivity contribution in [2.45, 2.75) is 31.0 Å². The molecule has 2 aromatic heterocycles. The fourth-order valence-corrected chi connectivity index (χ4v) is 2.79. The van der Waals surface area contributed by atoms with Crippen LogP contribution >= 0.6 is 0 Å². The first-order valence-corrected chi connectivity index (χ1v) is 6.66. The number of aliphatic hydroxyl groups excluding tert-OH is 2. The third kappa shape index (κ3) is 1.88. The first-order chi connectivity index (χ1) is 10.4. The van der Waals surface area contributed by atoms with E-state index in [4.69, 9.17) is 16.9 Å². The highest BCUT2D eigenvalue weighted by atomic mass is 16.6. The van der Waals surface area contributed by atoms with E-state index in [1.54, 1.807) is 6.20 Å². The van der Waals surface area contributed by atoms with Crippen LogP contribution in [0.1, 0.15) is 18.7 Å². The summed E-state index contributed by atoms with van der Waals surface area (Å²) in [5, 5.41) is 30.4. The molecule has 0 unspecified atom stereocenters. The maximum absolute atomic E-state index is 10.6. The van der Waals surface area contributed by atoms with Crippen molar-refractivity contribution in [2.75, 3.05) is 12.3 Å². The molecule has 8 heteroatoms. The van der Waals surface area contributed by atoms with Gasteiger partial charge in [0.2, 0.25) is 0 Å². The van der Waals surface area contributed by atoms with E-state index in [1.807, 2.05) is 0 Å². The molecule has 116 valence electrons. The molecule has 1 saturated heterocycles. The fourth-order valence-electron chi connectivity index (χ4n) is 2.79. The fraction of sp³-hybridized carbons (Fsp3) is 0.429. The molecular weight excluding hydrogens is 288 g/mol. The second-order valence-electron chi connectivity index (χ2n) is 5.43. The van der Waals surface area contributed by atoms with Gasteiger partial charge in [0.05, 0.1) is 17.6 Å². The summed E-state index contributed by atoms with van der Waals surface area (Å²) in [5.41, 5.74) is 5.05. The highest BCUT2D eigenvalue weighted by molar-refractivity contribution is 5.92. The molecule has 4 atom stereocenters. The molecule has 0 aliphatic carbocycles. The van der Waals surface area contributed by atoms with Crippen LogP contribution in [0.15, 0.2) is 12.5 Å². The first-order valence-electron chi connectivity index (χ1n) is 6.66. The molecular formula is C14H16N4O4. The van der Waals surface area contributed by atoms with Crippen LogP contribution in [-0.2, 0) is 4.74 Å². The van der Waals surface area contributed by atoms with Crippen molar-refractivity contribution in [2.24, 2.45) is 0 Å². The molecule has 3 heterocycles. The van der Waals surface area contributed by atoms with Gasteiger partial charge in [0.15, 0.2) is 6.23 Å². The molecule has 0 bridgehead atoms. The topological polar surface area (TPSA) is 127 Å². The van der Waals surface area contributed by atoms with Crippen LogP contribution < -0.4 is 5.73 Å². The predicted molar refractivity (Wildman–Crippen MR) is 77.5 cm³/mol. The van der Waals surface area contributed by atoms with Crippen molar-refractivity contribution in [3.63, 3.8) is 0 Å². The molecule has 0 spiro atoms. The van der Waals surface area contributed by atoms with E-state index in [0.717, 1.165) is 0 Å². The number of nitrogens with two attached hydrogens (primary N) is 1. The zero-order valence-electron chi connectivity index (χ0n) is 11.8. The third-order valence-electron chi connectivity index (χ3n) is 3.98. The smallest absolute Gasteiger partial charge is 0.167 e. The van der Waals surface area contributed by atoms with Gasteiger partial charge in [-0.2, -0.15) is 0 Å². The van der Waals surface area contributed by atoms with Gasteiger partial charge in [-0.15, -0.1) is 6.42 Å². The van der Waals surface area contributed by atoms with Crippen LogP contribution in [0.5, 0.6) is 0 Å². The number of fused-ring (bicyclic) bond motifs is 1. The number of ether oxygens (including phenoxy) is 1. The highest BCUT2D eigenvalue weighted by Crippen LogP contribution is 2.40. The number of rotatable bonds is 2. The molecule has 8 nitrogen and oxygen atoms in total. The van der Waals surface area contributed by atoms with Crippen LogP contribution in [0.3, 0.4) is 0 Å². The van der Waals surface area contributed by atoms with E-state index in [2.05, 4.69) is 15.9 Å². The molecule has 1 aliphatic heterocycles. The van der Waals surface area contributed by atoms with Gasteiger partial charge < -0.3 is 30.4 Å². The van der Waals surface area contributed by atoms with Crippen LogP contribution in [0.4, 0.5) is 5.82 Å². The maximum Gasteiger partial charge on any atom is 0.167 e. The minimum Gasteiger partial charge on any atom is -0.394 e. The van der Waals surface area contributed by atoms with Gasteiger partial charge in [-0.25, -0.2) is 9.97 Å². The lowest BCUT2D eigenvalue weighted by molar-refractivity contribution is -0.0948. The van der Waals surface area contributed by atoms with Gasteiger partial charge >= 0.3 is 0 Å². The molecule has 0 aromatic carbocycles. The molecule has 3 rings (SSSR count). The highest BCUT2D eigenvalue weighted by Gasteiger charge is 2.53. The summed E-state index contributed by atoms with van der Waals surface area (Å²) in [5.74, 6) is 2.70. The van der Waals surface area contributed by atoms with Gasteiger partial charge in [-0.05, 0) is 6.92 Å². The van der Waals surface area contributed by atoms with Crippen molar-refractivity contribution >= 4 is 16.9 Å². The van der Waals surface area contributed by atoms with Gasteiger partial charge in [-0.3, -0.25) is 0 Å².